The van der Waals surface area contributed by atoms with Gasteiger partial charge in [-0.05, 0) is 30.9 Å². The Kier molecular flexibility index (Phi) is 5.74. The van der Waals surface area contributed by atoms with Gasteiger partial charge in [-0.1, -0.05) is 36.4 Å². The van der Waals surface area contributed by atoms with Crippen molar-refractivity contribution in [2.75, 3.05) is 19.7 Å². The largest absolute Gasteiger partial charge is 0.372 e. The lowest BCUT2D eigenvalue weighted by Gasteiger charge is -2.39. The summed E-state index contributed by atoms with van der Waals surface area (Å²) in [6.07, 6.45) is 0.467. The van der Waals surface area contributed by atoms with E-state index in [0.717, 1.165) is 5.56 Å². The number of amides is 2. The van der Waals surface area contributed by atoms with E-state index in [1.165, 1.54) is 11.3 Å². The lowest BCUT2D eigenvalue weighted by Crippen LogP contribution is -2.56. The van der Waals surface area contributed by atoms with Gasteiger partial charge in [0.2, 0.25) is 5.91 Å². The number of hydrogen-bond donors (Lipinski definition) is 1. The van der Waals surface area contributed by atoms with Gasteiger partial charge in [-0.2, -0.15) is 0 Å². The molecule has 3 rings (SSSR count). The third kappa shape index (κ3) is 4.71. The predicted octanol–water partition coefficient (Wildman–Crippen LogP) is 2.73. The van der Waals surface area contributed by atoms with Gasteiger partial charge in [0.05, 0.1) is 17.1 Å². The van der Waals surface area contributed by atoms with Gasteiger partial charge in [0.25, 0.3) is 5.91 Å². The van der Waals surface area contributed by atoms with Gasteiger partial charge in [-0.15, -0.1) is 11.3 Å². The van der Waals surface area contributed by atoms with Crippen molar-refractivity contribution in [3.8, 4) is 0 Å². The van der Waals surface area contributed by atoms with Crippen LogP contribution in [-0.4, -0.2) is 48.1 Å². The topological polar surface area (TPSA) is 58.6 Å². The highest BCUT2D eigenvalue weighted by Gasteiger charge is 2.34. The molecule has 0 radical (unpaired) electrons. The van der Waals surface area contributed by atoms with Gasteiger partial charge in [-0.25, -0.2) is 0 Å². The highest BCUT2D eigenvalue weighted by molar-refractivity contribution is 7.12. The van der Waals surface area contributed by atoms with Crippen LogP contribution in [0.5, 0.6) is 0 Å². The Morgan fingerprint density at radius 2 is 2.00 bits per heavy atom. The quantitative estimate of drug-likeness (QED) is 0.878. The summed E-state index contributed by atoms with van der Waals surface area (Å²) in [5, 5.41) is 4.79. The fourth-order valence-electron chi connectivity index (χ4n) is 3.11. The zero-order valence-electron chi connectivity index (χ0n) is 15.1. The second-order valence-corrected chi connectivity index (χ2v) is 8.01. The minimum atomic E-state index is -0.596. The molecule has 2 amide bonds. The number of thiophene rings is 1. The van der Waals surface area contributed by atoms with Gasteiger partial charge < -0.3 is 15.0 Å². The van der Waals surface area contributed by atoms with Crippen molar-refractivity contribution in [1.82, 2.24) is 10.2 Å². The van der Waals surface area contributed by atoms with E-state index in [1.807, 2.05) is 55.6 Å². The number of nitrogens with zero attached hydrogens (tertiary/aromatic N) is 1. The van der Waals surface area contributed by atoms with Gasteiger partial charge in [0.1, 0.15) is 6.04 Å². The number of carbonyl (C=O) groups is 2. The first-order valence-electron chi connectivity index (χ1n) is 8.76. The lowest BCUT2D eigenvalue weighted by atomic mass is 10.0. The number of ether oxygens (including phenoxy) is 1. The van der Waals surface area contributed by atoms with Crippen molar-refractivity contribution >= 4 is 23.2 Å². The molecule has 6 heteroatoms. The maximum Gasteiger partial charge on any atom is 0.262 e. The Morgan fingerprint density at radius 3 is 2.65 bits per heavy atom. The van der Waals surface area contributed by atoms with Crippen molar-refractivity contribution in [2.24, 2.45) is 0 Å². The summed E-state index contributed by atoms with van der Waals surface area (Å²) in [5.74, 6) is -0.267. The number of rotatable bonds is 5. The van der Waals surface area contributed by atoms with Gasteiger partial charge in [-0.3, -0.25) is 9.59 Å². The van der Waals surface area contributed by atoms with Gasteiger partial charge >= 0.3 is 0 Å². The molecule has 1 aromatic carbocycles. The maximum absolute atomic E-state index is 13.2. The van der Waals surface area contributed by atoms with E-state index in [4.69, 9.17) is 4.74 Å². The van der Waals surface area contributed by atoms with E-state index in [9.17, 15) is 9.59 Å². The molecule has 1 aliphatic heterocycles. The standard InChI is InChI=1S/C20H24N2O3S/c1-20(2)14-22(10-11-25-20)19(24)16(13-15-7-4-3-5-8-15)21-18(23)17-9-6-12-26-17/h3-9,12,16H,10-11,13-14H2,1-2H3,(H,21,23). The van der Waals surface area contributed by atoms with E-state index in [-0.39, 0.29) is 17.4 Å². The molecule has 5 nitrogen and oxygen atoms in total. The molecule has 138 valence electrons. The van der Waals surface area contributed by atoms with E-state index in [0.29, 0.717) is 31.0 Å². The molecule has 1 N–H and O–H groups in total. The van der Waals surface area contributed by atoms with E-state index in [1.54, 1.807) is 11.0 Å². The van der Waals surface area contributed by atoms with Crippen LogP contribution in [0.3, 0.4) is 0 Å². The van der Waals surface area contributed by atoms with Crippen LogP contribution in [0, 0.1) is 0 Å². The second-order valence-electron chi connectivity index (χ2n) is 7.06. The fourth-order valence-corrected chi connectivity index (χ4v) is 3.74. The molecule has 1 unspecified atom stereocenters. The van der Waals surface area contributed by atoms with Crippen molar-refractivity contribution in [3.63, 3.8) is 0 Å². The average Bonchev–Trinajstić information content (AvgIpc) is 3.15. The Bertz CT molecular complexity index is 744. The maximum atomic E-state index is 13.2. The molecule has 2 heterocycles. The first-order valence-corrected chi connectivity index (χ1v) is 9.64. The molecule has 26 heavy (non-hydrogen) atoms. The first kappa shape index (κ1) is 18.6. The van der Waals surface area contributed by atoms with Crippen LogP contribution in [0.25, 0.3) is 0 Å². The zero-order chi connectivity index (χ0) is 18.6. The minimum absolute atomic E-state index is 0.0601. The van der Waals surface area contributed by atoms with Crippen molar-refractivity contribution in [3.05, 3.63) is 58.3 Å². The molecule has 1 saturated heterocycles. The van der Waals surface area contributed by atoms with Crippen LogP contribution in [0.2, 0.25) is 0 Å². The highest BCUT2D eigenvalue weighted by atomic mass is 32.1. The highest BCUT2D eigenvalue weighted by Crippen LogP contribution is 2.18. The minimum Gasteiger partial charge on any atom is -0.372 e. The number of carbonyl (C=O) groups excluding carboxylic acids is 2. The molecule has 0 aliphatic carbocycles. The smallest absolute Gasteiger partial charge is 0.262 e. The summed E-state index contributed by atoms with van der Waals surface area (Å²) in [6.45, 7) is 5.52. The molecule has 1 fully saturated rings. The SMILES string of the molecule is CC1(C)CN(C(=O)C(Cc2ccccc2)NC(=O)c2cccs2)CCO1. The molecular formula is C20H24N2O3S. The van der Waals surface area contributed by atoms with Crippen LogP contribution in [0.1, 0.15) is 29.1 Å². The van der Waals surface area contributed by atoms with Crippen LogP contribution in [0.15, 0.2) is 47.8 Å². The van der Waals surface area contributed by atoms with Crippen LogP contribution >= 0.6 is 11.3 Å². The number of nitrogens with one attached hydrogen (secondary N) is 1. The molecule has 0 spiro atoms. The first-order chi connectivity index (χ1) is 12.4. The van der Waals surface area contributed by atoms with Crippen LogP contribution < -0.4 is 5.32 Å². The number of hydrogen-bond acceptors (Lipinski definition) is 4. The average molecular weight is 372 g/mol. The van der Waals surface area contributed by atoms with Crippen molar-refractivity contribution in [1.29, 1.82) is 0 Å². The summed E-state index contributed by atoms with van der Waals surface area (Å²) in [5.41, 5.74) is 0.646. The molecule has 0 saturated carbocycles. The summed E-state index contributed by atoms with van der Waals surface area (Å²) < 4.78 is 5.70. The molecule has 1 atom stereocenters. The van der Waals surface area contributed by atoms with Gasteiger partial charge in [0, 0.05) is 19.5 Å². The third-order valence-corrected chi connectivity index (χ3v) is 5.24. The third-order valence-electron chi connectivity index (χ3n) is 4.37. The van der Waals surface area contributed by atoms with Crippen LogP contribution in [-0.2, 0) is 16.0 Å². The van der Waals surface area contributed by atoms with Gasteiger partial charge in [0.15, 0.2) is 0 Å². The molecular weight excluding hydrogens is 348 g/mol. The van der Waals surface area contributed by atoms with E-state index < -0.39 is 6.04 Å². The predicted molar refractivity (Wildman–Crippen MR) is 102 cm³/mol. The zero-order valence-corrected chi connectivity index (χ0v) is 15.9. The number of morpholine rings is 1. The second kappa shape index (κ2) is 8.01. The number of benzene rings is 1. The normalized spacial score (nSPS) is 17.5. The summed E-state index contributed by atoms with van der Waals surface area (Å²) in [6, 6.07) is 12.8. The Morgan fingerprint density at radius 1 is 1.23 bits per heavy atom. The fraction of sp³-hybridized carbons (Fsp3) is 0.400. The van der Waals surface area contributed by atoms with E-state index in [2.05, 4.69) is 5.32 Å². The molecule has 0 bridgehead atoms. The van der Waals surface area contributed by atoms with Crippen molar-refractivity contribution in [2.45, 2.75) is 31.9 Å². The molecule has 1 aliphatic rings. The van der Waals surface area contributed by atoms with Crippen LogP contribution in [0.4, 0.5) is 0 Å². The Balaban J connectivity index is 1.77. The summed E-state index contributed by atoms with van der Waals surface area (Å²) in [4.78, 5) is 28.1. The lowest BCUT2D eigenvalue weighted by molar-refractivity contribution is -0.147. The Hall–Kier alpha value is -2.18. The Labute approximate surface area is 158 Å². The molecule has 2 aromatic rings. The molecule has 1 aromatic heterocycles. The monoisotopic (exact) mass is 372 g/mol. The van der Waals surface area contributed by atoms with Crippen molar-refractivity contribution < 1.29 is 14.3 Å². The van der Waals surface area contributed by atoms with E-state index >= 15 is 0 Å². The summed E-state index contributed by atoms with van der Waals surface area (Å²) >= 11 is 1.37. The summed E-state index contributed by atoms with van der Waals surface area (Å²) in [7, 11) is 0.